The average molecular weight is 260 g/mol. The summed E-state index contributed by atoms with van der Waals surface area (Å²) in [6.07, 6.45) is 6.32. The van der Waals surface area contributed by atoms with Gasteiger partial charge in [-0.3, -0.25) is 9.67 Å². The number of nitrogens with two attached hydrogens (primary N) is 1. The van der Waals surface area contributed by atoms with Crippen molar-refractivity contribution in [1.82, 2.24) is 14.8 Å². The number of aryl methyl sites for hydroxylation is 1. The van der Waals surface area contributed by atoms with Gasteiger partial charge >= 0.3 is 0 Å². The molecule has 2 rings (SSSR count). The standard InChI is InChI=1S/C14H20N4O/c1-3-18-9-12(7-17-18)10-19-14-5-4-13(16-8-14)6-11(2)15/h4-5,7-9,11H,3,6,10,15H2,1-2H3. The Morgan fingerprint density at radius 2 is 2.21 bits per heavy atom. The number of rotatable bonds is 6. The highest BCUT2D eigenvalue weighted by Gasteiger charge is 2.02. The zero-order valence-electron chi connectivity index (χ0n) is 11.4. The minimum absolute atomic E-state index is 0.124. The molecule has 5 nitrogen and oxygen atoms in total. The molecule has 0 radical (unpaired) electrons. The largest absolute Gasteiger partial charge is 0.487 e. The quantitative estimate of drug-likeness (QED) is 0.859. The molecule has 0 bridgehead atoms. The first kappa shape index (κ1) is 13.5. The fourth-order valence-corrected chi connectivity index (χ4v) is 1.77. The maximum absolute atomic E-state index is 5.73. The summed E-state index contributed by atoms with van der Waals surface area (Å²) in [6.45, 7) is 5.40. The van der Waals surface area contributed by atoms with Gasteiger partial charge in [0.05, 0.1) is 12.4 Å². The van der Waals surface area contributed by atoms with E-state index in [0.29, 0.717) is 6.61 Å². The fraction of sp³-hybridized carbons (Fsp3) is 0.429. The Morgan fingerprint density at radius 3 is 2.79 bits per heavy atom. The van der Waals surface area contributed by atoms with Crippen LogP contribution >= 0.6 is 0 Å². The average Bonchev–Trinajstić information content (AvgIpc) is 2.85. The smallest absolute Gasteiger partial charge is 0.138 e. The van der Waals surface area contributed by atoms with E-state index >= 15 is 0 Å². The maximum Gasteiger partial charge on any atom is 0.138 e. The first-order chi connectivity index (χ1) is 9.17. The summed E-state index contributed by atoms with van der Waals surface area (Å²) in [5.41, 5.74) is 7.78. The summed E-state index contributed by atoms with van der Waals surface area (Å²) in [6, 6.07) is 4.00. The molecule has 0 aromatic carbocycles. The van der Waals surface area contributed by atoms with E-state index in [-0.39, 0.29) is 6.04 Å². The van der Waals surface area contributed by atoms with Gasteiger partial charge in [-0.1, -0.05) is 0 Å². The lowest BCUT2D eigenvalue weighted by atomic mass is 10.2. The van der Waals surface area contributed by atoms with Crippen LogP contribution in [0.4, 0.5) is 0 Å². The van der Waals surface area contributed by atoms with Crippen LogP contribution in [0.3, 0.4) is 0 Å². The van der Waals surface area contributed by atoms with Gasteiger partial charge in [-0.05, 0) is 26.0 Å². The molecule has 0 aliphatic carbocycles. The Hall–Kier alpha value is -1.88. The number of pyridine rings is 1. The van der Waals surface area contributed by atoms with Gasteiger partial charge in [-0.15, -0.1) is 0 Å². The van der Waals surface area contributed by atoms with Gasteiger partial charge in [-0.25, -0.2) is 0 Å². The lowest BCUT2D eigenvalue weighted by molar-refractivity contribution is 0.304. The third-order valence-corrected chi connectivity index (χ3v) is 2.74. The molecule has 5 heteroatoms. The van der Waals surface area contributed by atoms with E-state index in [1.807, 2.05) is 36.1 Å². The second kappa shape index (κ2) is 6.33. The summed E-state index contributed by atoms with van der Waals surface area (Å²) in [4.78, 5) is 4.33. The number of nitrogens with zero attached hydrogens (tertiary/aromatic N) is 3. The highest BCUT2D eigenvalue weighted by atomic mass is 16.5. The maximum atomic E-state index is 5.73. The molecule has 0 amide bonds. The van der Waals surface area contributed by atoms with Gasteiger partial charge in [0, 0.05) is 36.5 Å². The Balaban J connectivity index is 1.89. The molecule has 2 aromatic rings. The molecule has 2 heterocycles. The molecule has 1 unspecified atom stereocenters. The lowest BCUT2D eigenvalue weighted by Gasteiger charge is -2.07. The molecule has 1 atom stereocenters. The van der Waals surface area contributed by atoms with Crippen LogP contribution in [0.1, 0.15) is 25.1 Å². The van der Waals surface area contributed by atoms with Crippen molar-refractivity contribution >= 4 is 0 Å². The Morgan fingerprint density at radius 1 is 1.37 bits per heavy atom. The normalized spacial score (nSPS) is 12.4. The van der Waals surface area contributed by atoms with Crippen molar-refractivity contribution in [3.63, 3.8) is 0 Å². The van der Waals surface area contributed by atoms with Crippen molar-refractivity contribution in [2.24, 2.45) is 5.73 Å². The van der Waals surface area contributed by atoms with Gasteiger partial charge in [0.2, 0.25) is 0 Å². The first-order valence-corrected chi connectivity index (χ1v) is 6.52. The summed E-state index contributed by atoms with van der Waals surface area (Å²) >= 11 is 0. The van der Waals surface area contributed by atoms with Crippen molar-refractivity contribution in [3.05, 3.63) is 42.0 Å². The molecule has 0 aliphatic rings. The van der Waals surface area contributed by atoms with Crippen LogP contribution in [0, 0.1) is 0 Å². The minimum atomic E-state index is 0.124. The van der Waals surface area contributed by atoms with E-state index in [1.165, 1.54) is 0 Å². The van der Waals surface area contributed by atoms with Crippen molar-refractivity contribution in [2.45, 2.75) is 39.5 Å². The van der Waals surface area contributed by atoms with Gasteiger partial charge < -0.3 is 10.5 Å². The first-order valence-electron chi connectivity index (χ1n) is 6.52. The molecule has 0 fully saturated rings. The molecule has 0 saturated heterocycles. The molecular formula is C14H20N4O. The second-order valence-corrected chi connectivity index (χ2v) is 4.66. The van der Waals surface area contributed by atoms with Crippen LogP contribution in [-0.2, 0) is 19.6 Å². The SMILES string of the molecule is CCn1cc(COc2ccc(CC(C)N)nc2)cn1. The summed E-state index contributed by atoms with van der Waals surface area (Å²) in [5.74, 6) is 0.762. The monoisotopic (exact) mass is 260 g/mol. The molecule has 102 valence electrons. The molecule has 2 aromatic heterocycles. The topological polar surface area (TPSA) is 66.0 Å². The molecule has 19 heavy (non-hydrogen) atoms. The van der Waals surface area contributed by atoms with Crippen LogP contribution in [0.5, 0.6) is 5.75 Å². The van der Waals surface area contributed by atoms with E-state index in [2.05, 4.69) is 17.0 Å². The number of aromatic nitrogens is 3. The Labute approximate surface area is 113 Å². The lowest BCUT2D eigenvalue weighted by Crippen LogP contribution is -2.18. The van der Waals surface area contributed by atoms with Gasteiger partial charge in [-0.2, -0.15) is 5.10 Å². The van der Waals surface area contributed by atoms with Crippen molar-refractivity contribution in [2.75, 3.05) is 0 Å². The van der Waals surface area contributed by atoms with Crippen LogP contribution in [0.25, 0.3) is 0 Å². The number of hydrogen-bond donors (Lipinski definition) is 1. The molecule has 0 saturated carbocycles. The van der Waals surface area contributed by atoms with E-state index in [9.17, 15) is 0 Å². The fourth-order valence-electron chi connectivity index (χ4n) is 1.77. The van der Waals surface area contributed by atoms with E-state index in [1.54, 1.807) is 6.20 Å². The van der Waals surface area contributed by atoms with Crippen molar-refractivity contribution in [3.8, 4) is 5.75 Å². The predicted octanol–water partition coefficient (Wildman–Crippen LogP) is 1.77. The zero-order valence-corrected chi connectivity index (χ0v) is 11.4. The molecule has 0 aliphatic heterocycles. The Kier molecular flexibility index (Phi) is 4.52. The van der Waals surface area contributed by atoms with Crippen LogP contribution in [0.15, 0.2) is 30.7 Å². The predicted molar refractivity (Wildman–Crippen MR) is 73.8 cm³/mol. The molecule has 2 N–H and O–H groups in total. The third-order valence-electron chi connectivity index (χ3n) is 2.74. The van der Waals surface area contributed by atoms with Crippen LogP contribution < -0.4 is 10.5 Å². The highest BCUT2D eigenvalue weighted by Crippen LogP contribution is 2.12. The van der Waals surface area contributed by atoms with Crippen LogP contribution in [0.2, 0.25) is 0 Å². The minimum Gasteiger partial charge on any atom is -0.487 e. The molecule has 0 spiro atoms. The molecular weight excluding hydrogens is 240 g/mol. The van der Waals surface area contributed by atoms with Crippen LogP contribution in [-0.4, -0.2) is 20.8 Å². The van der Waals surface area contributed by atoms with Crippen molar-refractivity contribution < 1.29 is 4.74 Å². The summed E-state index contributed by atoms with van der Waals surface area (Å²) < 4.78 is 7.54. The van der Waals surface area contributed by atoms with E-state index < -0.39 is 0 Å². The zero-order chi connectivity index (χ0) is 13.7. The summed E-state index contributed by atoms with van der Waals surface area (Å²) in [5, 5.41) is 4.20. The van der Waals surface area contributed by atoms with E-state index in [4.69, 9.17) is 10.5 Å². The highest BCUT2D eigenvalue weighted by molar-refractivity contribution is 5.20. The van der Waals surface area contributed by atoms with Gasteiger partial charge in [0.25, 0.3) is 0 Å². The number of ether oxygens (including phenoxy) is 1. The van der Waals surface area contributed by atoms with Gasteiger partial charge in [0.1, 0.15) is 12.4 Å². The Bertz CT molecular complexity index is 504. The second-order valence-electron chi connectivity index (χ2n) is 4.66. The van der Waals surface area contributed by atoms with Gasteiger partial charge in [0.15, 0.2) is 0 Å². The number of hydrogen-bond acceptors (Lipinski definition) is 4. The van der Waals surface area contributed by atoms with E-state index in [0.717, 1.165) is 30.0 Å². The third kappa shape index (κ3) is 4.06. The summed E-state index contributed by atoms with van der Waals surface area (Å²) in [7, 11) is 0. The van der Waals surface area contributed by atoms with Crippen molar-refractivity contribution in [1.29, 1.82) is 0 Å².